The van der Waals surface area contributed by atoms with Crippen LogP contribution in [0.4, 0.5) is 0 Å². The van der Waals surface area contributed by atoms with Crippen LogP contribution in [0.2, 0.25) is 0 Å². The van der Waals surface area contributed by atoms with Gasteiger partial charge in [0.2, 0.25) is 5.91 Å². The topological polar surface area (TPSA) is 66.8 Å². The van der Waals surface area contributed by atoms with Gasteiger partial charge in [-0.1, -0.05) is 23.8 Å². The van der Waals surface area contributed by atoms with Crippen LogP contribution in [0.5, 0.6) is 5.75 Å². The third-order valence-electron chi connectivity index (χ3n) is 4.63. The first-order chi connectivity index (χ1) is 12.0. The molecule has 1 heterocycles. The molecule has 0 aliphatic carbocycles. The van der Waals surface area contributed by atoms with Gasteiger partial charge in [0.05, 0.1) is 7.11 Å². The molecule has 1 aliphatic rings. The van der Waals surface area contributed by atoms with Crippen molar-refractivity contribution in [2.75, 3.05) is 20.2 Å². The minimum absolute atomic E-state index is 0.0208. The van der Waals surface area contributed by atoms with Crippen molar-refractivity contribution in [1.29, 1.82) is 0 Å². The smallest absolute Gasteiger partial charge is 0.303 e. The summed E-state index contributed by atoms with van der Waals surface area (Å²) >= 11 is 0. The van der Waals surface area contributed by atoms with Crippen LogP contribution in [0.3, 0.4) is 0 Å². The summed E-state index contributed by atoms with van der Waals surface area (Å²) in [6, 6.07) is 7.81. The van der Waals surface area contributed by atoms with Gasteiger partial charge in [-0.15, -0.1) is 0 Å². The summed E-state index contributed by atoms with van der Waals surface area (Å²) in [5.41, 5.74) is 2.05. The van der Waals surface area contributed by atoms with Crippen molar-refractivity contribution in [3.63, 3.8) is 0 Å². The first-order valence-corrected chi connectivity index (χ1v) is 8.79. The third-order valence-corrected chi connectivity index (χ3v) is 4.63. The van der Waals surface area contributed by atoms with Crippen LogP contribution in [0.1, 0.15) is 38.2 Å². The van der Waals surface area contributed by atoms with E-state index in [1.54, 1.807) is 13.2 Å². The van der Waals surface area contributed by atoms with Crippen LogP contribution >= 0.6 is 0 Å². The van der Waals surface area contributed by atoms with E-state index in [0.29, 0.717) is 19.4 Å². The number of hydrogen-bond acceptors (Lipinski definition) is 3. The fourth-order valence-electron chi connectivity index (χ4n) is 3.33. The van der Waals surface area contributed by atoms with Gasteiger partial charge in [0.25, 0.3) is 0 Å². The Bertz CT molecular complexity index is 638. The number of carbonyl (C=O) groups excluding carboxylic acids is 1. The summed E-state index contributed by atoms with van der Waals surface area (Å²) in [5, 5.41) is 8.82. The molecule has 0 aromatic heterocycles. The molecule has 0 spiro atoms. The lowest BCUT2D eigenvalue weighted by atomic mass is 9.93. The highest BCUT2D eigenvalue weighted by molar-refractivity contribution is 5.88. The monoisotopic (exact) mass is 345 g/mol. The summed E-state index contributed by atoms with van der Waals surface area (Å²) in [4.78, 5) is 25.1. The van der Waals surface area contributed by atoms with E-state index in [1.807, 2.05) is 36.1 Å². The van der Waals surface area contributed by atoms with E-state index >= 15 is 0 Å². The molecule has 25 heavy (non-hydrogen) atoms. The lowest BCUT2D eigenvalue weighted by Gasteiger charge is -2.32. The molecule has 1 aromatic carbocycles. The van der Waals surface area contributed by atoms with Crippen molar-refractivity contribution in [2.24, 2.45) is 5.92 Å². The lowest BCUT2D eigenvalue weighted by molar-refractivity contribution is -0.137. The number of carboxylic acids is 1. The van der Waals surface area contributed by atoms with Crippen molar-refractivity contribution < 1.29 is 19.4 Å². The average Bonchev–Trinajstić information content (AvgIpc) is 2.60. The summed E-state index contributed by atoms with van der Waals surface area (Å²) in [6.45, 7) is 3.36. The maximum absolute atomic E-state index is 12.5. The van der Waals surface area contributed by atoms with Gasteiger partial charge in [0.1, 0.15) is 5.75 Å². The molecule has 0 saturated carbocycles. The van der Waals surface area contributed by atoms with E-state index in [0.717, 1.165) is 36.3 Å². The summed E-state index contributed by atoms with van der Waals surface area (Å²) in [7, 11) is 1.65. The van der Waals surface area contributed by atoms with E-state index in [4.69, 9.17) is 9.84 Å². The second-order valence-electron chi connectivity index (χ2n) is 6.70. The van der Waals surface area contributed by atoms with Gasteiger partial charge in [0, 0.05) is 25.6 Å². The second kappa shape index (κ2) is 9.25. The number of methoxy groups -OCH3 is 1. The highest BCUT2D eigenvalue weighted by atomic mass is 16.5. The maximum Gasteiger partial charge on any atom is 0.303 e. The molecule has 1 aliphatic heterocycles. The van der Waals surface area contributed by atoms with Gasteiger partial charge >= 0.3 is 5.97 Å². The Morgan fingerprint density at radius 2 is 2.12 bits per heavy atom. The molecule has 1 unspecified atom stereocenters. The van der Waals surface area contributed by atoms with E-state index in [2.05, 4.69) is 0 Å². The number of hydrogen-bond donors (Lipinski definition) is 1. The Morgan fingerprint density at radius 1 is 1.36 bits per heavy atom. The number of aliphatic carboxylic acids is 1. The normalized spacial score (nSPS) is 18.1. The minimum Gasteiger partial charge on any atom is -0.496 e. The molecule has 0 radical (unpaired) electrons. The van der Waals surface area contributed by atoms with Crippen LogP contribution < -0.4 is 4.74 Å². The van der Waals surface area contributed by atoms with Gasteiger partial charge in [-0.05, 0) is 50.2 Å². The molecule has 1 saturated heterocycles. The number of para-hydroxylation sites is 1. The fraction of sp³-hybridized carbons (Fsp3) is 0.500. The van der Waals surface area contributed by atoms with E-state index in [-0.39, 0.29) is 18.2 Å². The van der Waals surface area contributed by atoms with Crippen LogP contribution in [0.25, 0.3) is 0 Å². The second-order valence-corrected chi connectivity index (χ2v) is 6.70. The minimum atomic E-state index is -0.768. The number of nitrogens with zero attached hydrogens (tertiary/aromatic N) is 1. The summed E-state index contributed by atoms with van der Waals surface area (Å²) in [5.74, 6) is 0.370. The van der Waals surface area contributed by atoms with Gasteiger partial charge in [-0.2, -0.15) is 0 Å². The Labute approximate surface area is 149 Å². The number of benzene rings is 1. The largest absolute Gasteiger partial charge is 0.496 e. The van der Waals surface area contributed by atoms with Gasteiger partial charge in [-0.3, -0.25) is 9.59 Å². The first-order valence-electron chi connectivity index (χ1n) is 8.79. The number of carboxylic acid groups (broad SMARTS) is 1. The molecule has 1 amide bonds. The predicted octanol–water partition coefficient (Wildman–Crippen LogP) is 3.29. The molecule has 5 heteroatoms. The van der Waals surface area contributed by atoms with Crippen LogP contribution in [-0.4, -0.2) is 42.1 Å². The molecule has 1 aromatic rings. The van der Waals surface area contributed by atoms with Gasteiger partial charge in [-0.25, -0.2) is 0 Å². The number of likely N-dealkylation sites (tertiary alicyclic amines) is 1. The Hall–Kier alpha value is -2.30. The third kappa shape index (κ3) is 5.93. The molecular formula is C20H27NO4. The van der Waals surface area contributed by atoms with Crippen LogP contribution in [0, 0.1) is 5.92 Å². The zero-order valence-corrected chi connectivity index (χ0v) is 15.0. The van der Waals surface area contributed by atoms with E-state index < -0.39 is 5.97 Å². The Morgan fingerprint density at radius 3 is 2.84 bits per heavy atom. The highest BCUT2D eigenvalue weighted by Crippen LogP contribution is 2.23. The summed E-state index contributed by atoms with van der Waals surface area (Å²) < 4.78 is 5.36. The van der Waals surface area contributed by atoms with Crippen LogP contribution in [0.15, 0.2) is 35.9 Å². The quantitative estimate of drug-likeness (QED) is 0.770. The standard InChI is InChI=1S/C20H27NO4/c1-15(12-17-7-3-4-8-18(17)25-2)13-19(22)21-11-5-6-16(14-21)9-10-20(23)24/h3-4,7-8,13,16H,5-6,9-12,14H2,1-2H3,(H,23,24). The van der Waals surface area contributed by atoms with Crippen molar-refractivity contribution in [1.82, 2.24) is 4.90 Å². The zero-order chi connectivity index (χ0) is 18.2. The number of rotatable bonds is 7. The number of allylic oxidation sites excluding steroid dienone is 1. The molecule has 1 fully saturated rings. The Kier molecular flexibility index (Phi) is 7.04. The highest BCUT2D eigenvalue weighted by Gasteiger charge is 2.23. The van der Waals surface area contributed by atoms with Crippen molar-refractivity contribution in [2.45, 2.75) is 39.0 Å². The molecule has 1 N–H and O–H groups in total. The Balaban J connectivity index is 1.94. The molecular weight excluding hydrogens is 318 g/mol. The van der Waals surface area contributed by atoms with Crippen molar-refractivity contribution >= 4 is 11.9 Å². The molecule has 0 bridgehead atoms. The van der Waals surface area contributed by atoms with Gasteiger partial charge in [0.15, 0.2) is 0 Å². The molecule has 5 nitrogen and oxygen atoms in total. The fourth-order valence-corrected chi connectivity index (χ4v) is 3.33. The van der Waals surface area contributed by atoms with Crippen molar-refractivity contribution in [3.8, 4) is 5.75 Å². The number of ether oxygens (including phenoxy) is 1. The van der Waals surface area contributed by atoms with E-state index in [1.165, 1.54) is 0 Å². The molecule has 2 rings (SSSR count). The van der Waals surface area contributed by atoms with Crippen LogP contribution in [-0.2, 0) is 16.0 Å². The zero-order valence-electron chi connectivity index (χ0n) is 15.0. The first kappa shape index (κ1) is 19.0. The molecule has 1 atom stereocenters. The number of amides is 1. The SMILES string of the molecule is COc1ccccc1CC(C)=CC(=O)N1CCCC(CCC(=O)O)C1. The van der Waals surface area contributed by atoms with E-state index in [9.17, 15) is 9.59 Å². The molecule has 136 valence electrons. The lowest BCUT2D eigenvalue weighted by Crippen LogP contribution is -2.39. The van der Waals surface area contributed by atoms with Gasteiger partial charge < -0.3 is 14.7 Å². The maximum atomic E-state index is 12.5. The average molecular weight is 345 g/mol. The predicted molar refractivity (Wildman–Crippen MR) is 96.6 cm³/mol. The van der Waals surface area contributed by atoms with Crippen molar-refractivity contribution in [3.05, 3.63) is 41.5 Å². The number of carbonyl (C=O) groups is 2. The summed E-state index contributed by atoms with van der Waals surface area (Å²) in [6.07, 6.45) is 5.13. The number of piperidine rings is 1.